The van der Waals surface area contributed by atoms with Crippen LogP contribution in [-0.4, -0.2) is 28.7 Å². The zero-order chi connectivity index (χ0) is 20.9. The molecule has 1 aromatic heterocycles. The zero-order valence-corrected chi connectivity index (χ0v) is 17.3. The zero-order valence-electron chi connectivity index (χ0n) is 16.6. The van der Waals surface area contributed by atoms with Crippen LogP contribution in [0.4, 0.5) is 5.69 Å². The van der Waals surface area contributed by atoms with Gasteiger partial charge in [0, 0.05) is 31.5 Å². The molecular weight excluding hydrogens is 406 g/mol. The summed E-state index contributed by atoms with van der Waals surface area (Å²) >= 11 is 6.30. The van der Waals surface area contributed by atoms with Gasteiger partial charge in [0.1, 0.15) is 18.2 Å². The second-order valence-corrected chi connectivity index (χ2v) is 7.35. The van der Waals surface area contributed by atoms with Crippen LogP contribution in [0.2, 0.25) is 5.02 Å². The maximum absolute atomic E-state index is 12.5. The van der Waals surface area contributed by atoms with Gasteiger partial charge in [-0.3, -0.25) is 4.79 Å². The largest absolute Gasteiger partial charge is 0.489 e. The molecule has 7 nitrogen and oxygen atoms in total. The number of carbonyl (C=O) groups excluding carboxylic acids is 1. The number of rotatable bonds is 6. The van der Waals surface area contributed by atoms with Crippen LogP contribution in [0.15, 0.2) is 48.8 Å². The van der Waals surface area contributed by atoms with Crippen molar-refractivity contribution in [3.63, 3.8) is 0 Å². The SMILES string of the molecule is Cn1ccnc1COc1ccc(NC(=O)Cc2cc(Cl)c3c(c2)OCCCO3)cc1. The Balaban J connectivity index is 1.34. The molecule has 156 valence electrons. The highest BCUT2D eigenvalue weighted by Crippen LogP contribution is 2.38. The highest BCUT2D eigenvalue weighted by molar-refractivity contribution is 6.32. The number of imidazole rings is 1. The van der Waals surface area contributed by atoms with Crippen molar-refractivity contribution in [3.8, 4) is 17.2 Å². The van der Waals surface area contributed by atoms with Gasteiger partial charge in [-0.05, 0) is 42.0 Å². The molecule has 1 aliphatic rings. The Morgan fingerprint density at radius 3 is 2.80 bits per heavy atom. The van der Waals surface area contributed by atoms with E-state index in [1.165, 1.54) is 0 Å². The van der Waals surface area contributed by atoms with Gasteiger partial charge in [0.05, 0.1) is 24.7 Å². The smallest absolute Gasteiger partial charge is 0.228 e. The number of hydrogen-bond acceptors (Lipinski definition) is 5. The molecule has 1 amide bonds. The molecule has 0 unspecified atom stereocenters. The van der Waals surface area contributed by atoms with E-state index in [1.54, 1.807) is 30.5 Å². The Bertz CT molecular complexity index is 1030. The lowest BCUT2D eigenvalue weighted by molar-refractivity contribution is -0.115. The predicted octanol–water partition coefficient (Wildman–Crippen LogP) is 4.00. The van der Waals surface area contributed by atoms with E-state index in [2.05, 4.69) is 10.3 Å². The average Bonchev–Trinajstić information content (AvgIpc) is 2.98. The van der Waals surface area contributed by atoms with Crippen LogP contribution < -0.4 is 19.5 Å². The Morgan fingerprint density at radius 2 is 2.03 bits per heavy atom. The molecule has 0 saturated carbocycles. The van der Waals surface area contributed by atoms with Crippen LogP contribution in [-0.2, 0) is 24.9 Å². The molecule has 2 heterocycles. The Kier molecular flexibility index (Phi) is 6.09. The first-order valence-electron chi connectivity index (χ1n) is 9.65. The van der Waals surface area contributed by atoms with Crippen LogP contribution >= 0.6 is 11.6 Å². The van der Waals surface area contributed by atoms with E-state index < -0.39 is 0 Å². The summed E-state index contributed by atoms with van der Waals surface area (Å²) in [5.74, 6) is 2.51. The van der Waals surface area contributed by atoms with Gasteiger partial charge in [-0.15, -0.1) is 0 Å². The normalized spacial score (nSPS) is 12.9. The summed E-state index contributed by atoms with van der Waals surface area (Å²) < 4.78 is 18.9. The average molecular weight is 428 g/mol. The number of aryl methyl sites for hydroxylation is 1. The van der Waals surface area contributed by atoms with E-state index in [0.717, 1.165) is 17.8 Å². The number of fused-ring (bicyclic) bond motifs is 1. The summed E-state index contributed by atoms with van der Waals surface area (Å²) in [6.07, 6.45) is 4.57. The van der Waals surface area contributed by atoms with Gasteiger partial charge in [-0.1, -0.05) is 11.6 Å². The molecule has 3 aromatic rings. The lowest BCUT2D eigenvalue weighted by Gasteiger charge is -2.12. The van der Waals surface area contributed by atoms with Crippen molar-refractivity contribution in [3.05, 3.63) is 65.2 Å². The Morgan fingerprint density at radius 1 is 1.23 bits per heavy atom. The first-order chi connectivity index (χ1) is 14.6. The molecule has 8 heteroatoms. The summed E-state index contributed by atoms with van der Waals surface area (Å²) in [5, 5.41) is 3.33. The van der Waals surface area contributed by atoms with E-state index in [9.17, 15) is 4.79 Å². The van der Waals surface area contributed by atoms with Crippen LogP contribution in [0.25, 0.3) is 0 Å². The predicted molar refractivity (Wildman–Crippen MR) is 113 cm³/mol. The summed E-state index contributed by atoms with van der Waals surface area (Å²) in [5.41, 5.74) is 1.45. The molecule has 0 bridgehead atoms. The molecule has 2 aromatic carbocycles. The van der Waals surface area contributed by atoms with Gasteiger partial charge >= 0.3 is 0 Å². The molecule has 0 atom stereocenters. The third-order valence-electron chi connectivity index (χ3n) is 4.65. The van der Waals surface area contributed by atoms with Crippen LogP contribution in [0, 0.1) is 0 Å². The third kappa shape index (κ3) is 4.86. The van der Waals surface area contributed by atoms with Crippen LogP contribution in [0.3, 0.4) is 0 Å². The fraction of sp³-hybridized carbons (Fsp3) is 0.273. The molecule has 1 N–H and O–H groups in total. The quantitative estimate of drug-likeness (QED) is 0.643. The number of carbonyl (C=O) groups is 1. The first-order valence-corrected chi connectivity index (χ1v) is 10.0. The van der Waals surface area contributed by atoms with Crippen molar-refractivity contribution in [2.45, 2.75) is 19.4 Å². The summed E-state index contributed by atoms with van der Waals surface area (Å²) in [4.78, 5) is 16.7. The lowest BCUT2D eigenvalue weighted by Crippen LogP contribution is -2.14. The first kappa shape index (κ1) is 20.1. The van der Waals surface area contributed by atoms with Crippen LogP contribution in [0.5, 0.6) is 17.2 Å². The van der Waals surface area contributed by atoms with E-state index in [-0.39, 0.29) is 12.3 Å². The molecule has 0 radical (unpaired) electrons. The number of halogens is 1. The van der Waals surface area contributed by atoms with Crippen molar-refractivity contribution in [1.82, 2.24) is 9.55 Å². The number of hydrogen-bond donors (Lipinski definition) is 1. The monoisotopic (exact) mass is 427 g/mol. The fourth-order valence-electron chi connectivity index (χ4n) is 3.09. The van der Waals surface area contributed by atoms with E-state index in [0.29, 0.717) is 47.8 Å². The molecule has 30 heavy (non-hydrogen) atoms. The van der Waals surface area contributed by atoms with Crippen molar-refractivity contribution in [1.29, 1.82) is 0 Å². The van der Waals surface area contributed by atoms with Gasteiger partial charge in [0.15, 0.2) is 11.5 Å². The highest BCUT2D eigenvalue weighted by Gasteiger charge is 2.17. The van der Waals surface area contributed by atoms with Gasteiger partial charge in [0.2, 0.25) is 5.91 Å². The van der Waals surface area contributed by atoms with Crippen molar-refractivity contribution < 1.29 is 19.0 Å². The number of amides is 1. The fourth-order valence-corrected chi connectivity index (χ4v) is 3.38. The van der Waals surface area contributed by atoms with E-state index >= 15 is 0 Å². The third-order valence-corrected chi connectivity index (χ3v) is 4.93. The number of aromatic nitrogens is 2. The minimum atomic E-state index is -0.151. The topological polar surface area (TPSA) is 74.6 Å². The second kappa shape index (κ2) is 9.09. The standard InChI is InChI=1S/C22H22ClN3O4/c1-26-8-7-24-20(26)14-30-17-5-3-16(4-6-17)25-21(27)13-15-11-18(23)22-19(12-15)28-9-2-10-29-22/h3-8,11-12H,2,9-10,13-14H2,1H3,(H,25,27). The summed E-state index contributed by atoms with van der Waals surface area (Å²) in [7, 11) is 1.92. The van der Waals surface area contributed by atoms with Crippen molar-refractivity contribution in [2.24, 2.45) is 7.05 Å². The van der Waals surface area contributed by atoms with E-state index in [1.807, 2.05) is 29.9 Å². The maximum atomic E-state index is 12.5. The summed E-state index contributed by atoms with van der Waals surface area (Å²) in [6.45, 7) is 1.50. The minimum Gasteiger partial charge on any atom is -0.489 e. The van der Waals surface area contributed by atoms with Crippen molar-refractivity contribution >= 4 is 23.2 Å². The van der Waals surface area contributed by atoms with Gasteiger partial charge in [-0.25, -0.2) is 4.98 Å². The van der Waals surface area contributed by atoms with E-state index in [4.69, 9.17) is 25.8 Å². The van der Waals surface area contributed by atoms with Crippen LogP contribution in [0.1, 0.15) is 17.8 Å². The number of ether oxygens (including phenoxy) is 3. The Labute approximate surface area is 179 Å². The summed E-state index contributed by atoms with van der Waals surface area (Å²) in [6, 6.07) is 10.8. The number of nitrogens with one attached hydrogen (secondary N) is 1. The van der Waals surface area contributed by atoms with Gasteiger partial charge < -0.3 is 24.1 Å². The number of nitrogens with zero attached hydrogens (tertiary/aromatic N) is 2. The van der Waals surface area contributed by atoms with Gasteiger partial charge in [0.25, 0.3) is 0 Å². The minimum absolute atomic E-state index is 0.151. The van der Waals surface area contributed by atoms with Crippen molar-refractivity contribution in [2.75, 3.05) is 18.5 Å². The molecule has 4 rings (SSSR count). The molecule has 1 aliphatic heterocycles. The molecular formula is C22H22ClN3O4. The maximum Gasteiger partial charge on any atom is 0.228 e. The Hall–Kier alpha value is -3.19. The highest BCUT2D eigenvalue weighted by atomic mass is 35.5. The molecule has 0 spiro atoms. The number of anilines is 1. The second-order valence-electron chi connectivity index (χ2n) is 6.95. The number of benzene rings is 2. The lowest BCUT2D eigenvalue weighted by atomic mass is 10.1. The molecule has 0 fully saturated rings. The molecule has 0 saturated heterocycles. The molecule has 0 aliphatic carbocycles. The van der Waals surface area contributed by atoms with Gasteiger partial charge in [-0.2, -0.15) is 0 Å².